The number of hydrogen-bond acceptors (Lipinski definition) is 3. The van der Waals surface area contributed by atoms with Crippen molar-refractivity contribution in [3.63, 3.8) is 0 Å². The van der Waals surface area contributed by atoms with Crippen molar-refractivity contribution in [3.05, 3.63) is 41.6 Å². The van der Waals surface area contributed by atoms with Gasteiger partial charge in [0.2, 0.25) is 0 Å². The lowest BCUT2D eigenvalue weighted by atomic mass is 10.1. The van der Waals surface area contributed by atoms with E-state index in [0.29, 0.717) is 6.42 Å². The summed E-state index contributed by atoms with van der Waals surface area (Å²) in [7, 11) is -2.96. The molecule has 0 unspecified atom stereocenters. The normalized spacial score (nSPS) is 17.6. The second kappa shape index (κ2) is 3.70. The second-order valence-corrected chi connectivity index (χ2v) is 6.42. The van der Waals surface area contributed by atoms with Crippen LogP contribution in [-0.4, -0.2) is 24.4 Å². The summed E-state index contributed by atoms with van der Waals surface area (Å²) < 4.78 is 23.3. The Morgan fingerprint density at radius 3 is 2.71 bits per heavy atom. The number of nitrogens with zero attached hydrogens (tertiary/aromatic N) is 1. The number of rotatable bonds is 1. The van der Waals surface area contributed by atoms with Gasteiger partial charge in [-0.1, -0.05) is 30.3 Å². The van der Waals surface area contributed by atoms with Crippen molar-refractivity contribution in [1.82, 2.24) is 10.2 Å². The van der Waals surface area contributed by atoms with E-state index in [4.69, 9.17) is 0 Å². The van der Waals surface area contributed by atoms with Crippen molar-refractivity contribution in [2.75, 3.05) is 5.75 Å². The maximum atomic E-state index is 11.7. The minimum Gasteiger partial charge on any atom is -0.282 e. The first-order valence-corrected chi connectivity index (χ1v) is 7.30. The molecule has 4 nitrogen and oxygen atoms in total. The van der Waals surface area contributed by atoms with E-state index in [1.807, 2.05) is 30.3 Å². The third-order valence-electron chi connectivity index (χ3n) is 3.03. The van der Waals surface area contributed by atoms with Crippen molar-refractivity contribution in [2.45, 2.75) is 12.2 Å². The predicted octanol–water partition coefficient (Wildman–Crippen LogP) is 1.55. The SMILES string of the molecule is O=S1(=O)CCc2[nH]nc(-c3ccccc3)c2C1. The van der Waals surface area contributed by atoms with Crippen LogP contribution in [0, 0.1) is 0 Å². The molecule has 1 aromatic heterocycles. The molecule has 0 amide bonds. The Morgan fingerprint density at radius 2 is 1.94 bits per heavy atom. The molecule has 1 N–H and O–H groups in total. The van der Waals surface area contributed by atoms with Crippen LogP contribution in [0.2, 0.25) is 0 Å². The van der Waals surface area contributed by atoms with Crippen LogP contribution in [-0.2, 0) is 22.0 Å². The number of aryl methyl sites for hydroxylation is 1. The number of aromatic nitrogens is 2. The maximum absolute atomic E-state index is 11.7. The van der Waals surface area contributed by atoms with Crippen molar-refractivity contribution >= 4 is 9.84 Å². The quantitative estimate of drug-likeness (QED) is 0.832. The number of fused-ring (bicyclic) bond motifs is 1. The van der Waals surface area contributed by atoms with E-state index in [0.717, 1.165) is 22.5 Å². The van der Waals surface area contributed by atoms with Gasteiger partial charge in [0.15, 0.2) is 9.84 Å². The lowest BCUT2D eigenvalue weighted by Crippen LogP contribution is -2.18. The number of hydrogen-bond donors (Lipinski definition) is 1. The molecule has 5 heteroatoms. The number of benzene rings is 1. The number of sulfone groups is 1. The summed E-state index contributed by atoms with van der Waals surface area (Å²) in [4.78, 5) is 0. The topological polar surface area (TPSA) is 62.8 Å². The lowest BCUT2D eigenvalue weighted by Gasteiger charge is -2.12. The van der Waals surface area contributed by atoms with Crippen LogP contribution in [0.25, 0.3) is 11.3 Å². The summed E-state index contributed by atoms with van der Waals surface area (Å²) in [6.45, 7) is 0. The smallest absolute Gasteiger partial charge is 0.154 e. The van der Waals surface area contributed by atoms with E-state index in [2.05, 4.69) is 10.2 Å². The summed E-state index contributed by atoms with van der Waals surface area (Å²) in [6.07, 6.45) is 0.539. The fraction of sp³-hybridized carbons (Fsp3) is 0.250. The predicted molar refractivity (Wildman–Crippen MR) is 65.2 cm³/mol. The minimum absolute atomic E-state index is 0.100. The van der Waals surface area contributed by atoms with Crippen LogP contribution in [0.15, 0.2) is 30.3 Å². The first-order valence-electron chi connectivity index (χ1n) is 5.48. The molecule has 88 valence electrons. The molecule has 1 aliphatic heterocycles. The van der Waals surface area contributed by atoms with Crippen LogP contribution in [0.5, 0.6) is 0 Å². The van der Waals surface area contributed by atoms with Crippen molar-refractivity contribution in [2.24, 2.45) is 0 Å². The summed E-state index contributed by atoms with van der Waals surface area (Å²) in [6, 6.07) is 9.66. The Bertz CT molecular complexity index is 644. The van der Waals surface area contributed by atoms with Crippen molar-refractivity contribution < 1.29 is 8.42 Å². The number of H-pyrrole nitrogens is 1. The molecule has 0 atom stereocenters. The fourth-order valence-electron chi connectivity index (χ4n) is 2.15. The Kier molecular flexibility index (Phi) is 2.29. The summed E-state index contributed by atoms with van der Waals surface area (Å²) >= 11 is 0. The van der Waals surface area contributed by atoms with Gasteiger partial charge < -0.3 is 0 Å². The van der Waals surface area contributed by atoms with E-state index in [1.54, 1.807) is 0 Å². The molecular weight excluding hydrogens is 236 g/mol. The van der Waals surface area contributed by atoms with Gasteiger partial charge in [0.25, 0.3) is 0 Å². The van der Waals surface area contributed by atoms with Gasteiger partial charge in [0.1, 0.15) is 0 Å². The van der Waals surface area contributed by atoms with Crippen LogP contribution in [0.1, 0.15) is 11.3 Å². The molecule has 0 saturated carbocycles. The van der Waals surface area contributed by atoms with Crippen LogP contribution >= 0.6 is 0 Å². The highest BCUT2D eigenvalue weighted by molar-refractivity contribution is 7.90. The summed E-state index contributed by atoms with van der Waals surface area (Å²) in [5.41, 5.74) is 3.52. The summed E-state index contributed by atoms with van der Waals surface area (Å²) in [5.74, 6) is 0.319. The molecule has 0 spiro atoms. The highest BCUT2D eigenvalue weighted by Crippen LogP contribution is 2.28. The van der Waals surface area contributed by atoms with Gasteiger partial charge in [-0.2, -0.15) is 5.10 Å². The van der Waals surface area contributed by atoms with Crippen LogP contribution < -0.4 is 0 Å². The lowest BCUT2D eigenvalue weighted by molar-refractivity contribution is 0.591. The van der Waals surface area contributed by atoms with E-state index >= 15 is 0 Å². The first kappa shape index (κ1) is 10.5. The van der Waals surface area contributed by atoms with Gasteiger partial charge in [-0.15, -0.1) is 0 Å². The first-order chi connectivity index (χ1) is 8.16. The molecule has 0 bridgehead atoms. The molecule has 17 heavy (non-hydrogen) atoms. The van der Waals surface area contributed by atoms with Crippen LogP contribution in [0.3, 0.4) is 0 Å². The molecular formula is C12H12N2O2S. The molecule has 2 heterocycles. The van der Waals surface area contributed by atoms with Gasteiger partial charge in [0, 0.05) is 23.2 Å². The highest BCUT2D eigenvalue weighted by atomic mass is 32.2. The molecule has 0 radical (unpaired) electrons. The minimum atomic E-state index is -2.96. The molecule has 1 aromatic carbocycles. The third-order valence-corrected chi connectivity index (χ3v) is 4.58. The molecule has 0 aliphatic carbocycles. The van der Waals surface area contributed by atoms with Gasteiger partial charge in [-0.25, -0.2) is 8.42 Å². The van der Waals surface area contributed by atoms with E-state index in [1.165, 1.54) is 0 Å². The van der Waals surface area contributed by atoms with E-state index < -0.39 is 9.84 Å². The molecule has 0 fully saturated rings. The Balaban J connectivity index is 2.13. The van der Waals surface area contributed by atoms with Gasteiger partial charge in [-0.3, -0.25) is 5.10 Å². The standard InChI is InChI=1S/C12H12N2O2S/c15-17(16)7-6-11-10(8-17)12(14-13-11)9-4-2-1-3-5-9/h1-5H,6-8H2,(H,13,14). The van der Waals surface area contributed by atoms with Gasteiger partial charge >= 0.3 is 0 Å². The molecule has 1 aliphatic rings. The molecule has 0 saturated heterocycles. The van der Waals surface area contributed by atoms with Gasteiger partial charge in [0.05, 0.1) is 17.2 Å². The average Bonchev–Trinajstić information content (AvgIpc) is 2.71. The molecule has 2 aromatic rings. The number of nitrogens with one attached hydrogen (secondary N) is 1. The van der Waals surface area contributed by atoms with E-state index in [9.17, 15) is 8.42 Å². The average molecular weight is 248 g/mol. The zero-order valence-electron chi connectivity index (χ0n) is 9.18. The maximum Gasteiger partial charge on any atom is 0.154 e. The Labute approximate surface area is 99.6 Å². The summed E-state index contributed by atoms with van der Waals surface area (Å²) in [5, 5.41) is 7.19. The third kappa shape index (κ3) is 1.86. The number of aromatic amines is 1. The largest absolute Gasteiger partial charge is 0.282 e. The van der Waals surface area contributed by atoms with Gasteiger partial charge in [-0.05, 0) is 0 Å². The Hall–Kier alpha value is -1.62. The Morgan fingerprint density at radius 1 is 1.18 bits per heavy atom. The van der Waals surface area contributed by atoms with Crippen molar-refractivity contribution in [1.29, 1.82) is 0 Å². The van der Waals surface area contributed by atoms with Crippen LogP contribution in [0.4, 0.5) is 0 Å². The van der Waals surface area contributed by atoms with E-state index in [-0.39, 0.29) is 11.5 Å². The highest BCUT2D eigenvalue weighted by Gasteiger charge is 2.26. The molecule has 3 rings (SSSR count). The zero-order valence-corrected chi connectivity index (χ0v) is 10.00. The van der Waals surface area contributed by atoms with Crippen molar-refractivity contribution in [3.8, 4) is 11.3 Å². The zero-order chi connectivity index (χ0) is 11.9. The fourth-order valence-corrected chi connectivity index (χ4v) is 3.56. The monoisotopic (exact) mass is 248 g/mol. The second-order valence-electron chi connectivity index (χ2n) is 4.24.